The van der Waals surface area contributed by atoms with Gasteiger partial charge in [0.2, 0.25) is 0 Å². The van der Waals surface area contributed by atoms with Crippen LogP contribution in [0, 0.1) is 19.3 Å². The SMILES string of the molecule is CC(=N)c1ccc(-c2nc(-c3ccccc3)c(C)c(-c3ccccc3C)n2)cc1. The molecule has 0 aliphatic heterocycles. The first-order valence-corrected chi connectivity index (χ1v) is 9.70. The molecule has 0 fully saturated rings. The van der Waals surface area contributed by atoms with Gasteiger partial charge in [0.1, 0.15) is 0 Å². The Bertz CT molecular complexity index is 1180. The van der Waals surface area contributed by atoms with Gasteiger partial charge in [-0.05, 0) is 31.9 Å². The fourth-order valence-electron chi connectivity index (χ4n) is 3.49. The number of nitrogens with zero attached hydrogens (tertiary/aromatic N) is 2. The van der Waals surface area contributed by atoms with Gasteiger partial charge in [-0.3, -0.25) is 0 Å². The van der Waals surface area contributed by atoms with Gasteiger partial charge in [0.05, 0.1) is 11.4 Å². The quantitative estimate of drug-likeness (QED) is 0.414. The highest BCUT2D eigenvalue weighted by molar-refractivity contribution is 5.96. The summed E-state index contributed by atoms with van der Waals surface area (Å²) in [6.45, 7) is 6.00. The number of nitrogens with one attached hydrogen (secondary N) is 1. The molecule has 0 unspecified atom stereocenters. The maximum atomic E-state index is 7.82. The van der Waals surface area contributed by atoms with Crippen LogP contribution in [-0.4, -0.2) is 15.7 Å². The fourth-order valence-corrected chi connectivity index (χ4v) is 3.49. The summed E-state index contributed by atoms with van der Waals surface area (Å²) in [5.41, 5.74) is 8.76. The Morgan fingerprint density at radius 3 is 1.97 bits per heavy atom. The van der Waals surface area contributed by atoms with Gasteiger partial charge < -0.3 is 5.41 Å². The predicted molar refractivity (Wildman–Crippen MR) is 120 cm³/mol. The van der Waals surface area contributed by atoms with Gasteiger partial charge >= 0.3 is 0 Å². The molecule has 0 atom stereocenters. The molecule has 3 aromatic carbocycles. The van der Waals surface area contributed by atoms with Crippen LogP contribution in [0.25, 0.3) is 33.9 Å². The molecule has 3 nitrogen and oxygen atoms in total. The average molecular weight is 377 g/mol. The van der Waals surface area contributed by atoms with E-state index in [0.29, 0.717) is 11.5 Å². The number of hydrogen-bond donors (Lipinski definition) is 1. The van der Waals surface area contributed by atoms with Gasteiger partial charge in [-0.2, -0.15) is 0 Å². The molecular weight excluding hydrogens is 354 g/mol. The standard InChI is InChI=1S/C26H23N3/c1-17-9-7-8-12-23(17)25-18(2)24(21-10-5-4-6-11-21)28-26(29-25)22-15-13-20(14-16-22)19(3)27/h4-16,27H,1-3H3. The van der Waals surface area contributed by atoms with E-state index in [9.17, 15) is 0 Å². The Kier molecular flexibility index (Phi) is 5.05. The third-order valence-electron chi connectivity index (χ3n) is 5.17. The summed E-state index contributed by atoms with van der Waals surface area (Å²) in [7, 11) is 0. The normalized spacial score (nSPS) is 10.7. The van der Waals surface area contributed by atoms with Crippen molar-refractivity contribution >= 4 is 5.71 Å². The van der Waals surface area contributed by atoms with E-state index in [1.807, 2.05) is 54.6 Å². The second-order valence-corrected chi connectivity index (χ2v) is 7.25. The number of aromatic nitrogens is 2. The minimum absolute atomic E-state index is 0.548. The lowest BCUT2D eigenvalue weighted by Crippen LogP contribution is -2.01. The molecule has 3 heteroatoms. The Morgan fingerprint density at radius 2 is 1.31 bits per heavy atom. The lowest BCUT2D eigenvalue weighted by atomic mass is 9.98. The van der Waals surface area contributed by atoms with Crippen LogP contribution in [0.2, 0.25) is 0 Å². The van der Waals surface area contributed by atoms with E-state index >= 15 is 0 Å². The number of benzene rings is 3. The van der Waals surface area contributed by atoms with Crippen molar-refractivity contribution in [3.8, 4) is 33.9 Å². The molecule has 1 aromatic heterocycles. The minimum atomic E-state index is 0.548. The molecule has 142 valence electrons. The first kappa shape index (κ1) is 18.8. The van der Waals surface area contributed by atoms with Gasteiger partial charge in [-0.1, -0.05) is 78.9 Å². The monoisotopic (exact) mass is 377 g/mol. The van der Waals surface area contributed by atoms with Crippen molar-refractivity contribution in [3.05, 3.63) is 95.6 Å². The van der Waals surface area contributed by atoms with E-state index < -0.39 is 0 Å². The molecule has 0 saturated heterocycles. The summed E-state index contributed by atoms with van der Waals surface area (Å²) in [5.74, 6) is 0.696. The molecule has 0 aliphatic rings. The van der Waals surface area contributed by atoms with Gasteiger partial charge in [0, 0.05) is 28.0 Å². The van der Waals surface area contributed by atoms with Crippen LogP contribution >= 0.6 is 0 Å². The van der Waals surface area contributed by atoms with Crippen molar-refractivity contribution in [1.29, 1.82) is 5.41 Å². The van der Waals surface area contributed by atoms with Gasteiger partial charge in [-0.15, -0.1) is 0 Å². The number of hydrogen-bond acceptors (Lipinski definition) is 3. The van der Waals surface area contributed by atoms with E-state index in [-0.39, 0.29) is 0 Å². The molecular formula is C26H23N3. The zero-order valence-electron chi connectivity index (χ0n) is 16.9. The lowest BCUT2D eigenvalue weighted by Gasteiger charge is -2.15. The second kappa shape index (κ2) is 7.80. The average Bonchev–Trinajstić information content (AvgIpc) is 2.75. The second-order valence-electron chi connectivity index (χ2n) is 7.25. The molecule has 29 heavy (non-hydrogen) atoms. The van der Waals surface area contributed by atoms with E-state index in [1.54, 1.807) is 6.92 Å². The number of rotatable bonds is 4. The molecule has 0 bridgehead atoms. The summed E-state index contributed by atoms with van der Waals surface area (Å²) >= 11 is 0. The number of aryl methyl sites for hydroxylation is 1. The molecule has 0 spiro atoms. The lowest BCUT2D eigenvalue weighted by molar-refractivity contribution is 1.14. The molecule has 1 N–H and O–H groups in total. The van der Waals surface area contributed by atoms with Crippen LogP contribution in [0.5, 0.6) is 0 Å². The largest absolute Gasteiger partial charge is 0.305 e. The van der Waals surface area contributed by atoms with Crippen molar-refractivity contribution in [2.24, 2.45) is 0 Å². The van der Waals surface area contributed by atoms with Crippen LogP contribution in [0.1, 0.15) is 23.6 Å². The van der Waals surface area contributed by atoms with E-state index in [4.69, 9.17) is 15.4 Å². The Labute approximate surface area is 171 Å². The van der Waals surface area contributed by atoms with Gasteiger partial charge in [0.25, 0.3) is 0 Å². The van der Waals surface area contributed by atoms with Crippen LogP contribution in [0.15, 0.2) is 78.9 Å². The summed E-state index contributed by atoms with van der Waals surface area (Å²) in [5, 5.41) is 7.82. The Morgan fingerprint density at radius 1 is 0.690 bits per heavy atom. The van der Waals surface area contributed by atoms with Crippen LogP contribution < -0.4 is 0 Å². The Balaban J connectivity index is 1.95. The fraction of sp³-hybridized carbons (Fsp3) is 0.115. The topological polar surface area (TPSA) is 49.6 Å². The predicted octanol–water partition coefficient (Wildman–Crippen LogP) is 6.48. The van der Waals surface area contributed by atoms with E-state index in [2.05, 4.69) is 38.1 Å². The summed E-state index contributed by atoms with van der Waals surface area (Å²) in [4.78, 5) is 9.91. The van der Waals surface area contributed by atoms with Crippen LogP contribution in [0.3, 0.4) is 0 Å². The molecule has 0 radical (unpaired) electrons. The minimum Gasteiger partial charge on any atom is -0.305 e. The molecule has 4 rings (SSSR count). The van der Waals surface area contributed by atoms with Gasteiger partial charge in [-0.25, -0.2) is 9.97 Å². The van der Waals surface area contributed by atoms with Crippen molar-refractivity contribution in [1.82, 2.24) is 9.97 Å². The first-order valence-electron chi connectivity index (χ1n) is 9.70. The highest BCUT2D eigenvalue weighted by atomic mass is 14.9. The third-order valence-corrected chi connectivity index (χ3v) is 5.17. The van der Waals surface area contributed by atoms with E-state index in [0.717, 1.165) is 39.2 Å². The summed E-state index contributed by atoms with van der Waals surface area (Å²) in [6, 6.07) is 26.5. The van der Waals surface area contributed by atoms with Gasteiger partial charge in [0.15, 0.2) is 5.82 Å². The zero-order chi connectivity index (χ0) is 20.4. The van der Waals surface area contributed by atoms with Crippen molar-refractivity contribution < 1.29 is 0 Å². The smallest absolute Gasteiger partial charge is 0.160 e. The summed E-state index contributed by atoms with van der Waals surface area (Å²) < 4.78 is 0. The summed E-state index contributed by atoms with van der Waals surface area (Å²) in [6.07, 6.45) is 0. The maximum absolute atomic E-state index is 7.82. The molecule has 0 saturated carbocycles. The van der Waals surface area contributed by atoms with E-state index in [1.165, 1.54) is 5.56 Å². The van der Waals surface area contributed by atoms with Crippen LogP contribution in [0.4, 0.5) is 0 Å². The molecule has 0 aliphatic carbocycles. The molecule has 4 aromatic rings. The third kappa shape index (κ3) is 3.72. The Hall–Kier alpha value is -3.59. The van der Waals surface area contributed by atoms with Crippen molar-refractivity contribution in [2.75, 3.05) is 0 Å². The maximum Gasteiger partial charge on any atom is 0.160 e. The first-order chi connectivity index (χ1) is 14.0. The van der Waals surface area contributed by atoms with Crippen molar-refractivity contribution in [3.63, 3.8) is 0 Å². The van der Waals surface area contributed by atoms with Crippen LogP contribution in [-0.2, 0) is 0 Å². The van der Waals surface area contributed by atoms with Crippen molar-refractivity contribution in [2.45, 2.75) is 20.8 Å². The zero-order valence-corrected chi connectivity index (χ0v) is 16.9. The molecule has 1 heterocycles. The molecule has 0 amide bonds. The highest BCUT2D eigenvalue weighted by Gasteiger charge is 2.16. The highest BCUT2D eigenvalue weighted by Crippen LogP contribution is 2.33.